The van der Waals surface area contributed by atoms with Crippen molar-refractivity contribution >= 4 is 11.9 Å². The molecule has 0 unspecified atom stereocenters. The number of aryl methyl sites for hydroxylation is 1. The average molecular weight is 341 g/mol. The van der Waals surface area contributed by atoms with Gasteiger partial charge in [-0.1, -0.05) is 18.2 Å². The first-order valence-corrected chi connectivity index (χ1v) is 8.49. The number of rotatable bonds is 3. The van der Waals surface area contributed by atoms with E-state index in [0.717, 1.165) is 23.4 Å². The molecule has 1 aromatic heterocycles. The molecule has 0 saturated carbocycles. The SMILES string of the molecule is Cc1nn(-c2ccccc2)cc1CNC(=O)N1CCCNC(=O)[C@H]1C. The van der Waals surface area contributed by atoms with Crippen LogP contribution in [-0.2, 0) is 11.3 Å². The highest BCUT2D eigenvalue weighted by atomic mass is 16.2. The molecule has 3 amide bonds. The molecule has 1 fully saturated rings. The predicted molar refractivity (Wildman–Crippen MR) is 94.3 cm³/mol. The monoisotopic (exact) mass is 341 g/mol. The number of nitrogens with one attached hydrogen (secondary N) is 2. The van der Waals surface area contributed by atoms with E-state index in [0.29, 0.717) is 19.6 Å². The van der Waals surface area contributed by atoms with Crippen molar-refractivity contribution in [1.29, 1.82) is 0 Å². The molecule has 25 heavy (non-hydrogen) atoms. The van der Waals surface area contributed by atoms with Gasteiger partial charge in [0, 0.05) is 31.4 Å². The molecule has 2 heterocycles. The minimum atomic E-state index is -0.462. The van der Waals surface area contributed by atoms with Gasteiger partial charge in [-0.3, -0.25) is 4.79 Å². The summed E-state index contributed by atoms with van der Waals surface area (Å²) in [5.41, 5.74) is 2.79. The fraction of sp³-hybridized carbons (Fsp3) is 0.389. The molecule has 2 N–H and O–H groups in total. The molecule has 7 nitrogen and oxygen atoms in total. The van der Waals surface area contributed by atoms with Crippen LogP contribution >= 0.6 is 0 Å². The highest BCUT2D eigenvalue weighted by Crippen LogP contribution is 2.12. The van der Waals surface area contributed by atoms with E-state index in [2.05, 4.69) is 15.7 Å². The van der Waals surface area contributed by atoms with Crippen molar-refractivity contribution in [2.75, 3.05) is 13.1 Å². The third-order valence-corrected chi connectivity index (χ3v) is 4.43. The third-order valence-electron chi connectivity index (χ3n) is 4.43. The molecular formula is C18H23N5O2. The number of para-hydroxylation sites is 1. The second kappa shape index (κ2) is 7.38. The van der Waals surface area contributed by atoms with E-state index in [1.165, 1.54) is 0 Å². The van der Waals surface area contributed by atoms with Crippen molar-refractivity contribution in [2.45, 2.75) is 32.9 Å². The van der Waals surface area contributed by atoms with Gasteiger partial charge in [0.15, 0.2) is 0 Å². The van der Waals surface area contributed by atoms with Gasteiger partial charge in [-0.2, -0.15) is 5.10 Å². The number of nitrogens with zero attached hydrogens (tertiary/aromatic N) is 3. The number of carbonyl (C=O) groups excluding carboxylic acids is 2. The van der Waals surface area contributed by atoms with Crippen LogP contribution < -0.4 is 10.6 Å². The van der Waals surface area contributed by atoms with Crippen LogP contribution in [0.25, 0.3) is 5.69 Å². The maximum absolute atomic E-state index is 12.5. The number of benzene rings is 1. The first-order valence-electron chi connectivity index (χ1n) is 8.49. The topological polar surface area (TPSA) is 79.3 Å². The van der Waals surface area contributed by atoms with Crippen molar-refractivity contribution in [3.63, 3.8) is 0 Å². The summed E-state index contributed by atoms with van der Waals surface area (Å²) in [7, 11) is 0. The summed E-state index contributed by atoms with van der Waals surface area (Å²) in [6.45, 7) is 5.22. The third kappa shape index (κ3) is 3.81. The van der Waals surface area contributed by atoms with E-state index in [1.807, 2.05) is 43.5 Å². The highest BCUT2D eigenvalue weighted by Gasteiger charge is 2.27. The smallest absolute Gasteiger partial charge is 0.318 e. The summed E-state index contributed by atoms with van der Waals surface area (Å²) in [4.78, 5) is 25.9. The maximum Gasteiger partial charge on any atom is 0.318 e. The molecule has 0 aliphatic carbocycles. The van der Waals surface area contributed by atoms with Crippen LogP contribution in [0.3, 0.4) is 0 Å². The molecule has 1 saturated heterocycles. The van der Waals surface area contributed by atoms with Gasteiger partial charge in [0.1, 0.15) is 6.04 Å². The minimum absolute atomic E-state index is 0.110. The van der Waals surface area contributed by atoms with Crippen molar-refractivity contribution < 1.29 is 9.59 Å². The second-order valence-corrected chi connectivity index (χ2v) is 6.19. The maximum atomic E-state index is 12.5. The van der Waals surface area contributed by atoms with Crippen molar-refractivity contribution in [2.24, 2.45) is 0 Å². The number of urea groups is 1. The molecule has 0 spiro atoms. The van der Waals surface area contributed by atoms with Gasteiger partial charge in [0.05, 0.1) is 11.4 Å². The largest absolute Gasteiger partial charge is 0.354 e. The Labute approximate surface area is 147 Å². The van der Waals surface area contributed by atoms with E-state index in [9.17, 15) is 9.59 Å². The van der Waals surface area contributed by atoms with Crippen LogP contribution in [0, 0.1) is 6.92 Å². The molecule has 7 heteroatoms. The minimum Gasteiger partial charge on any atom is -0.354 e. The zero-order valence-electron chi connectivity index (χ0n) is 14.5. The van der Waals surface area contributed by atoms with E-state index >= 15 is 0 Å². The highest BCUT2D eigenvalue weighted by molar-refractivity contribution is 5.87. The molecule has 132 valence electrons. The Morgan fingerprint density at radius 2 is 2.12 bits per heavy atom. The Morgan fingerprint density at radius 3 is 2.88 bits per heavy atom. The van der Waals surface area contributed by atoms with Crippen LogP contribution in [0.4, 0.5) is 4.79 Å². The molecule has 1 aliphatic rings. The summed E-state index contributed by atoms with van der Waals surface area (Å²) in [6.07, 6.45) is 2.68. The Hall–Kier alpha value is -2.83. The van der Waals surface area contributed by atoms with Gasteiger partial charge in [0.25, 0.3) is 0 Å². The summed E-state index contributed by atoms with van der Waals surface area (Å²) in [5, 5.41) is 10.2. The van der Waals surface area contributed by atoms with Crippen LogP contribution in [0.1, 0.15) is 24.6 Å². The normalized spacial score (nSPS) is 17.8. The zero-order valence-corrected chi connectivity index (χ0v) is 14.5. The lowest BCUT2D eigenvalue weighted by Gasteiger charge is -2.25. The number of carbonyl (C=O) groups is 2. The first-order chi connectivity index (χ1) is 12.1. The molecule has 3 rings (SSSR count). The fourth-order valence-electron chi connectivity index (χ4n) is 2.88. The second-order valence-electron chi connectivity index (χ2n) is 6.19. The molecular weight excluding hydrogens is 318 g/mol. The van der Waals surface area contributed by atoms with E-state index in [4.69, 9.17) is 0 Å². The summed E-state index contributed by atoms with van der Waals surface area (Å²) >= 11 is 0. The van der Waals surface area contributed by atoms with Gasteiger partial charge in [0.2, 0.25) is 5.91 Å². The van der Waals surface area contributed by atoms with Crippen molar-refractivity contribution in [3.05, 3.63) is 47.8 Å². The predicted octanol–water partition coefficient (Wildman–Crippen LogP) is 1.60. The Bertz CT molecular complexity index is 756. The molecule has 0 radical (unpaired) electrons. The van der Waals surface area contributed by atoms with Crippen LogP contribution in [0.15, 0.2) is 36.5 Å². The molecule has 1 atom stereocenters. The van der Waals surface area contributed by atoms with Crippen molar-refractivity contribution in [3.8, 4) is 5.69 Å². The van der Waals surface area contributed by atoms with Crippen LogP contribution in [0.5, 0.6) is 0 Å². The van der Waals surface area contributed by atoms with Crippen LogP contribution in [-0.4, -0.2) is 45.8 Å². The Kier molecular flexibility index (Phi) is 5.02. The van der Waals surface area contributed by atoms with E-state index < -0.39 is 6.04 Å². The molecule has 0 bridgehead atoms. The van der Waals surface area contributed by atoms with Gasteiger partial charge in [-0.15, -0.1) is 0 Å². The summed E-state index contributed by atoms with van der Waals surface area (Å²) < 4.78 is 1.80. The lowest BCUT2D eigenvalue weighted by atomic mass is 10.2. The van der Waals surface area contributed by atoms with Gasteiger partial charge in [-0.25, -0.2) is 9.48 Å². The van der Waals surface area contributed by atoms with E-state index in [1.54, 1.807) is 16.5 Å². The molecule has 1 aliphatic heterocycles. The standard InChI is InChI=1S/C18H23N5O2/c1-13-15(12-23(21-13)16-7-4-3-5-8-16)11-20-18(25)22-10-6-9-19-17(24)14(22)2/h3-5,7-8,12,14H,6,9-11H2,1-2H3,(H,19,24)(H,20,25)/t14-/m1/s1. The summed E-state index contributed by atoms with van der Waals surface area (Å²) in [5.74, 6) is -0.110. The van der Waals surface area contributed by atoms with Gasteiger partial charge >= 0.3 is 6.03 Å². The van der Waals surface area contributed by atoms with E-state index in [-0.39, 0.29) is 11.9 Å². The fourth-order valence-corrected chi connectivity index (χ4v) is 2.88. The first kappa shape index (κ1) is 17.0. The number of amides is 3. The lowest BCUT2D eigenvalue weighted by Crippen LogP contribution is -2.49. The van der Waals surface area contributed by atoms with Gasteiger partial charge in [-0.05, 0) is 32.4 Å². The quantitative estimate of drug-likeness (QED) is 0.890. The van der Waals surface area contributed by atoms with Crippen molar-refractivity contribution in [1.82, 2.24) is 25.3 Å². The molecule has 2 aromatic rings. The molecule has 1 aromatic carbocycles. The Balaban J connectivity index is 1.66. The van der Waals surface area contributed by atoms with Gasteiger partial charge < -0.3 is 15.5 Å². The zero-order chi connectivity index (χ0) is 17.8. The van der Waals surface area contributed by atoms with Crippen LogP contribution in [0.2, 0.25) is 0 Å². The lowest BCUT2D eigenvalue weighted by molar-refractivity contribution is -0.124. The number of hydrogen-bond acceptors (Lipinski definition) is 3. The number of aromatic nitrogens is 2. The Morgan fingerprint density at radius 1 is 1.36 bits per heavy atom. The summed E-state index contributed by atoms with van der Waals surface area (Å²) in [6, 6.07) is 9.14. The number of hydrogen-bond donors (Lipinski definition) is 2. The average Bonchev–Trinajstić information content (AvgIpc) is 2.91.